The molecule has 80 valence electrons. The number of hydrogen-bond donors (Lipinski definition) is 1. The fraction of sp³-hybridized carbons (Fsp3) is 0.300. The molecule has 2 N–H and O–H groups in total. The summed E-state index contributed by atoms with van der Waals surface area (Å²) in [6, 6.07) is 3.73. The molecule has 2 rings (SSSR count). The molecule has 3 nitrogen and oxygen atoms in total. The van der Waals surface area contributed by atoms with Crippen LogP contribution in [-0.4, -0.2) is 11.5 Å². The second-order valence-electron chi connectivity index (χ2n) is 3.32. The van der Waals surface area contributed by atoms with Gasteiger partial charge in [-0.2, -0.15) is 0 Å². The lowest BCUT2D eigenvalue weighted by atomic mass is 10.1. The lowest BCUT2D eigenvalue weighted by molar-refractivity contribution is 0.571. The normalized spacial score (nSPS) is 13.0. The van der Waals surface area contributed by atoms with Crippen LogP contribution < -0.4 is 5.73 Å². The molecular formula is C10H11ClN2OS. The Hall–Kier alpha value is -0.840. The molecule has 2 aromatic rings. The van der Waals surface area contributed by atoms with Crippen LogP contribution in [0.3, 0.4) is 0 Å². The number of nitrogens with two attached hydrogens (primary N) is 1. The molecule has 0 aliphatic carbocycles. The Labute approximate surface area is 96.9 Å². The average Bonchev–Trinajstić information content (AvgIpc) is 2.84. The first-order chi connectivity index (χ1) is 7.20. The van der Waals surface area contributed by atoms with Crippen LogP contribution >= 0.6 is 22.9 Å². The second-order valence-corrected chi connectivity index (χ2v) is 5.03. The van der Waals surface area contributed by atoms with Crippen molar-refractivity contribution >= 4 is 22.9 Å². The number of rotatable bonds is 3. The van der Waals surface area contributed by atoms with Crippen molar-refractivity contribution in [2.75, 3.05) is 6.54 Å². The van der Waals surface area contributed by atoms with Gasteiger partial charge in [0.2, 0.25) is 5.89 Å². The van der Waals surface area contributed by atoms with E-state index in [0.29, 0.717) is 12.4 Å². The summed E-state index contributed by atoms with van der Waals surface area (Å²) in [4.78, 5) is 5.31. The monoisotopic (exact) mass is 242 g/mol. The zero-order valence-electron chi connectivity index (χ0n) is 8.24. The molecule has 0 saturated heterocycles. The van der Waals surface area contributed by atoms with E-state index in [1.807, 2.05) is 19.1 Å². The summed E-state index contributed by atoms with van der Waals surface area (Å²) in [5.74, 6) is 0.833. The van der Waals surface area contributed by atoms with E-state index in [0.717, 1.165) is 14.9 Å². The van der Waals surface area contributed by atoms with Crippen LogP contribution in [0.2, 0.25) is 4.34 Å². The SMILES string of the molecule is CC(CN)c1coc(-c2ccc(Cl)s2)n1. The van der Waals surface area contributed by atoms with E-state index in [9.17, 15) is 0 Å². The van der Waals surface area contributed by atoms with Crippen LogP contribution in [0.1, 0.15) is 18.5 Å². The molecule has 2 aromatic heterocycles. The average molecular weight is 243 g/mol. The van der Waals surface area contributed by atoms with E-state index in [1.54, 1.807) is 6.26 Å². The topological polar surface area (TPSA) is 52.0 Å². The van der Waals surface area contributed by atoms with Gasteiger partial charge in [-0.3, -0.25) is 0 Å². The smallest absolute Gasteiger partial charge is 0.236 e. The summed E-state index contributed by atoms with van der Waals surface area (Å²) in [5.41, 5.74) is 6.44. The molecule has 0 radical (unpaired) electrons. The van der Waals surface area contributed by atoms with E-state index in [4.69, 9.17) is 21.8 Å². The zero-order valence-corrected chi connectivity index (χ0v) is 9.81. The molecule has 1 atom stereocenters. The van der Waals surface area contributed by atoms with Crippen LogP contribution in [0.4, 0.5) is 0 Å². The number of thiophene rings is 1. The lowest BCUT2D eigenvalue weighted by Crippen LogP contribution is -2.08. The van der Waals surface area contributed by atoms with E-state index >= 15 is 0 Å². The molecule has 0 aliphatic heterocycles. The first kappa shape index (κ1) is 10.7. The maximum absolute atomic E-state index is 5.84. The van der Waals surface area contributed by atoms with Gasteiger partial charge >= 0.3 is 0 Å². The highest BCUT2D eigenvalue weighted by Crippen LogP contribution is 2.31. The van der Waals surface area contributed by atoms with Crippen LogP contribution in [0.5, 0.6) is 0 Å². The molecule has 0 fully saturated rings. The summed E-state index contributed by atoms with van der Waals surface area (Å²) in [5, 5.41) is 0. The van der Waals surface area contributed by atoms with Gasteiger partial charge < -0.3 is 10.2 Å². The fourth-order valence-corrected chi connectivity index (χ4v) is 2.15. The van der Waals surface area contributed by atoms with Gasteiger partial charge in [-0.25, -0.2) is 4.98 Å². The number of hydrogen-bond acceptors (Lipinski definition) is 4. The highest BCUT2D eigenvalue weighted by molar-refractivity contribution is 7.19. The number of nitrogens with zero attached hydrogens (tertiary/aromatic N) is 1. The van der Waals surface area contributed by atoms with E-state index < -0.39 is 0 Å². The van der Waals surface area contributed by atoms with Crippen molar-refractivity contribution in [1.82, 2.24) is 4.98 Å². The molecule has 0 aromatic carbocycles. The third kappa shape index (κ3) is 2.22. The Morgan fingerprint density at radius 2 is 2.40 bits per heavy atom. The molecule has 0 saturated carbocycles. The fourth-order valence-electron chi connectivity index (χ4n) is 1.18. The summed E-state index contributed by atoms with van der Waals surface area (Å²) in [6.45, 7) is 2.58. The molecule has 2 heterocycles. The Balaban J connectivity index is 2.27. The molecular weight excluding hydrogens is 232 g/mol. The van der Waals surface area contributed by atoms with E-state index in [2.05, 4.69) is 4.98 Å². The molecule has 5 heteroatoms. The molecule has 15 heavy (non-hydrogen) atoms. The predicted molar refractivity (Wildman–Crippen MR) is 62.3 cm³/mol. The van der Waals surface area contributed by atoms with Gasteiger partial charge in [0.1, 0.15) is 6.26 Å². The van der Waals surface area contributed by atoms with Crippen molar-refractivity contribution in [2.45, 2.75) is 12.8 Å². The van der Waals surface area contributed by atoms with Crippen molar-refractivity contribution in [3.05, 3.63) is 28.4 Å². The third-order valence-electron chi connectivity index (χ3n) is 2.16. The second kappa shape index (κ2) is 4.35. The summed E-state index contributed by atoms with van der Waals surface area (Å²) < 4.78 is 6.11. The number of halogens is 1. The summed E-state index contributed by atoms with van der Waals surface area (Å²) >= 11 is 7.29. The minimum atomic E-state index is 0.220. The summed E-state index contributed by atoms with van der Waals surface area (Å²) in [7, 11) is 0. The quantitative estimate of drug-likeness (QED) is 0.900. The molecule has 0 spiro atoms. The zero-order chi connectivity index (χ0) is 10.8. The van der Waals surface area contributed by atoms with Crippen molar-refractivity contribution in [1.29, 1.82) is 0 Å². The maximum atomic E-state index is 5.84. The van der Waals surface area contributed by atoms with Crippen molar-refractivity contribution < 1.29 is 4.42 Å². The minimum absolute atomic E-state index is 0.220. The molecule has 0 bridgehead atoms. The Morgan fingerprint density at radius 1 is 1.60 bits per heavy atom. The van der Waals surface area contributed by atoms with Gasteiger partial charge in [-0.1, -0.05) is 18.5 Å². The van der Waals surface area contributed by atoms with Crippen molar-refractivity contribution in [3.63, 3.8) is 0 Å². The molecule has 0 aliphatic rings. The Bertz CT molecular complexity index is 452. The van der Waals surface area contributed by atoms with Gasteiger partial charge in [-0.15, -0.1) is 11.3 Å². The minimum Gasteiger partial charge on any atom is -0.444 e. The summed E-state index contributed by atoms with van der Waals surface area (Å²) in [6.07, 6.45) is 1.65. The highest BCUT2D eigenvalue weighted by atomic mass is 35.5. The number of oxazole rings is 1. The molecule has 0 amide bonds. The first-order valence-corrected chi connectivity index (χ1v) is 5.81. The van der Waals surface area contributed by atoms with Crippen LogP contribution in [0.25, 0.3) is 10.8 Å². The maximum Gasteiger partial charge on any atom is 0.236 e. The van der Waals surface area contributed by atoms with Gasteiger partial charge in [-0.05, 0) is 12.1 Å². The highest BCUT2D eigenvalue weighted by Gasteiger charge is 2.12. The third-order valence-corrected chi connectivity index (χ3v) is 3.38. The molecule has 1 unspecified atom stereocenters. The van der Waals surface area contributed by atoms with Gasteiger partial charge in [0.25, 0.3) is 0 Å². The number of aromatic nitrogens is 1. The van der Waals surface area contributed by atoms with Crippen molar-refractivity contribution in [3.8, 4) is 10.8 Å². The Morgan fingerprint density at radius 3 is 3.00 bits per heavy atom. The predicted octanol–water partition coefficient (Wildman–Crippen LogP) is 3.12. The lowest BCUT2D eigenvalue weighted by Gasteiger charge is -2.00. The first-order valence-electron chi connectivity index (χ1n) is 4.62. The Kier molecular flexibility index (Phi) is 3.09. The van der Waals surface area contributed by atoms with Crippen molar-refractivity contribution in [2.24, 2.45) is 5.73 Å². The standard InChI is InChI=1S/C10H11ClN2OS/c1-6(4-12)7-5-14-10(13-7)8-2-3-9(11)15-8/h2-3,5-6H,4,12H2,1H3. The van der Waals surface area contributed by atoms with Gasteiger partial charge in [0.05, 0.1) is 14.9 Å². The van der Waals surface area contributed by atoms with Gasteiger partial charge in [0.15, 0.2) is 0 Å². The van der Waals surface area contributed by atoms with E-state index in [-0.39, 0.29) is 5.92 Å². The van der Waals surface area contributed by atoms with Crippen LogP contribution in [0, 0.1) is 0 Å². The van der Waals surface area contributed by atoms with Crippen LogP contribution in [0.15, 0.2) is 22.8 Å². The largest absolute Gasteiger partial charge is 0.444 e. The van der Waals surface area contributed by atoms with Crippen LogP contribution in [-0.2, 0) is 0 Å². The van der Waals surface area contributed by atoms with E-state index in [1.165, 1.54) is 11.3 Å². The van der Waals surface area contributed by atoms with Gasteiger partial charge in [0, 0.05) is 12.5 Å².